The van der Waals surface area contributed by atoms with Crippen LogP contribution in [0.15, 0.2) is 24.5 Å². The summed E-state index contributed by atoms with van der Waals surface area (Å²) >= 11 is 1.72. The summed E-state index contributed by atoms with van der Waals surface area (Å²) in [5, 5.41) is 4.24. The molecule has 0 aromatic carbocycles. The van der Waals surface area contributed by atoms with Gasteiger partial charge in [-0.25, -0.2) is 9.97 Å². The summed E-state index contributed by atoms with van der Waals surface area (Å²) in [7, 11) is 0. The molecule has 3 N–H and O–H groups in total. The molecule has 0 amide bonds. The summed E-state index contributed by atoms with van der Waals surface area (Å²) in [6.07, 6.45) is 4.67. The molecule has 2 aromatic heterocycles. The monoisotopic (exact) mass is 234 g/mol. The van der Waals surface area contributed by atoms with E-state index in [9.17, 15) is 0 Å². The van der Waals surface area contributed by atoms with Gasteiger partial charge in [0.2, 0.25) is 0 Å². The molecule has 16 heavy (non-hydrogen) atoms. The van der Waals surface area contributed by atoms with Crippen molar-refractivity contribution in [1.29, 1.82) is 0 Å². The molecule has 4 nitrogen and oxygen atoms in total. The van der Waals surface area contributed by atoms with Crippen LogP contribution in [0.1, 0.15) is 16.8 Å². The lowest BCUT2D eigenvalue weighted by Gasteiger charge is -2.05. The zero-order chi connectivity index (χ0) is 11.4. The number of hydrogen-bond donors (Lipinski definition) is 2. The minimum Gasteiger partial charge on any atom is -0.396 e. The molecule has 5 heteroatoms. The smallest absolute Gasteiger partial charge is 0.149 e. The van der Waals surface area contributed by atoms with Gasteiger partial charge in [-0.2, -0.15) is 0 Å². The van der Waals surface area contributed by atoms with Crippen LogP contribution in [-0.2, 0) is 13.0 Å². The molecule has 2 rings (SSSR count). The summed E-state index contributed by atoms with van der Waals surface area (Å²) in [6, 6.07) is 3.65. The second-order valence-corrected chi connectivity index (χ2v) is 4.57. The van der Waals surface area contributed by atoms with E-state index < -0.39 is 0 Å². The Kier molecular flexibility index (Phi) is 3.36. The molecule has 2 aromatic rings. The van der Waals surface area contributed by atoms with Gasteiger partial charge in [-0.15, -0.1) is 11.3 Å². The van der Waals surface area contributed by atoms with Gasteiger partial charge in [0, 0.05) is 17.3 Å². The van der Waals surface area contributed by atoms with Crippen molar-refractivity contribution in [2.75, 3.05) is 11.1 Å². The number of nitrogens with one attached hydrogen (secondary N) is 1. The van der Waals surface area contributed by atoms with E-state index in [-0.39, 0.29) is 0 Å². The lowest BCUT2D eigenvalue weighted by atomic mass is 10.4. The van der Waals surface area contributed by atoms with Crippen molar-refractivity contribution < 1.29 is 0 Å². The topological polar surface area (TPSA) is 63.8 Å². The maximum Gasteiger partial charge on any atom is 0.149 e. The van der Waals surface area contributed by atoms with E-state index in [2.05, 4.69) is 22.2 Å². The van der Waals surface area contributed by atoms with E-state index >= 15 is 0 Å². The Labute approximate surface area is 98.6 Å². The van der Waals surface area contributed by atoms with Gasteiger partial charge < -0.3 is 11.1 Å². The van der Waals surface area contributed by atoms with Gasteiger partial charge in [0.15, 0.2) is 0 Å². The van der Waals surface area contributed by atoms with Gasteiger partial charge in [0.25, 0.3) is 0 Å². The van der Waals surface area contributed by atoms with Crippen LogP contribution < -0.4 is 11.1 Å². The van der Waals surface area contributed by atoms with Crippen molar-refractivity contribution in [2.45, 2.75) is 19.9 Å². The minimum absolute atomic E-state index is 0.662. The molecule has 0 aliphatic heterocycles. The first-order valence-corrected chi connectivity index (χ1v) is 5.99. The molecular formula is C11H14N4S. The van der Waals surface area contributed by atoms with Crippen LogP contribution in [-0.4, -0.2) is 9.97 Å². The fraction of sp³-hybridized carbons (Fsp3) is 0.273. The summed E-state index contributed by atoms with van der Waals surface area (Å²) in [4.78, 5) is 9.78. The quantitative estimate of drug-likeness (QED) is 0.852. The van der Waals surface area contributed by atoms with Gasteiger partial charge in [-0.3, -0.25) is 0 Å². The highest BCUT2D eigenvalue weighted by Crippen LogP contribution is 2.17. The van der Waals surface area contributed by atoms with Gasteiger partial charge in [0.05, 0.1) is 12.2 Å². The standard InChI is InChI=1S/C11H14N4S/c1-2-8-6-14-10(16-8)7-15-11-9(12)4-3-5-13-11/h3-6H,2,7,12H2,1H3,(H,13,15). The van der Waals surface area contributed by atoms with E-state index in [1.165, 1.54) is 4.88 Å². The van der Waals surface area contributed by atoms with Gasteiger partial charge in [-0.1, -0.05) is 6.92 Å². The Balaban J connectivity index is 1.99. The highest BCUT2D eigenvalue weighted by molar-refractivity contribution is 7.11. The molecular weight excluding hydrogens is 220 g/mol. The number of pyridine rings is 1. The van der Waals surface area contributed by atoms with Crippen molar-refractivity contribution in [3.63, 3.8) is 0 Å². The van der Waals surface area contributed by atoms with E-state index in [4.69, 9.17) is 5.73 Å². The zero-order valence-electron chi connectivity index (χ0n) is 9.10. The second-order valence-electron chi connectivity index (χ2n) is 3.37. The largest absolute Gasteiger partial charge is 0.396 e. The second kappa shape index (κ2) is 4.94. The molecule has 0 spiro atoms. The Bertz CT molecular complexity index is 467. The maximum atomic E-state index is 5.77. The third-order valence-corrected chi connectivity index (χ3v) is 3.34. The van der Waals surface area contributed by atoms with Gasteiger partial charge >= 0.3 is 0 Å². The fourth-order valence-electron chi connectivity index (χ4n) is 1.32. The Morgan fingerprint density at radius 3 is 3.00 bits per heavy atom. The van der Waals surface area contributed by atoms with Crippen molar-refractivity contribution >= 4 is 22.8 Å². The van der Waals surface area contributed by atoms with Crippen molar-refractivity contribution in [1.82, 2.24) is 9.97 Å². The third kappa shape index (κ3) is 2.49. The molecule has 0 fully saturated rings. The molecule has 0 radical (unpaired) electrons. The number of aromatic nitrogens is 2. The summed E-state index contributed by atoms with van der Waals surface area (Å²) < 4.78 is 0. The molecule has 0 unspecified atom stereocenters. The van der Waals surface area contributed by atoms with E-state index in [1.54, 1.807) is 17.5 Å². The van der Waals surface area contributed by atoms with Crippen LogP contribution in [0, 0.1) is 0 Å². The Morgan fingerprint density at radius 1 is 1.44 bits per heavy atom. The predicted molar refractivity (Wildman–Crippen MR) is 67.5 cm³/mol. The number of nitrogens with zero attached hydrogens (tertiary/aromatic N) is 2. The van der Waals surface area contributed by atoms with Crippen LogP contribution in [0.2, 0.25) is 0 Å². The van der Waals surface area contributed by atoms with Gasteiger partial charge in [0.1, 0.15) is 10.8 Å². The average Bonchev–Trinajstić information content (AvgIpc) is 2.76. The number of aryl methyl sites for hydroxylation is 1. The average molecular weight is 234 g/mol. The molecule has 2 heterocycles. The summed E-state index contributed by atoms with van der Waals surface area (Å²) in [5.41, 5.74) is 6.44. The molecule has 0 atom stereocenters. The third-order valence-electron chi connectivity index (χ3n) is 2.20. The molecule has 84 valence electrons. The van der Waals surface area contributed by atoms with Crippen LogP contribution in [0.4, 0.5) is 11.5 Å². The predicted octanol–water partition coefficient (Wildman–Crippen LogP) is 2.29. The minimum atomic E-state index is 0.662. The number of hydrogen-bond acceptors (Lipinski definition) is 5. The SMILES string of the molecule is CCc1cnc(CNc2ncccc2N)s1. The van der Waals surface area contributed by atoms with E-state index in [0.717, 1.165) is 17.2 Å². The van der Waals surface area contributed by atoms with Crippen molar-refractivity contribution in [2.24, 2.45) is 0 Å². The highest BCUT2D eigenvalue weighted by atomic mass is 32.1. The molecule has 0 saturated heterocycles. The number of rotatable bonds is 4. The first-order chi connectivity index (χ1) is 7.79. The number of nitrogen functional groups attached to an aromatic ring is 1. The summed E-state index contributed by atoms with van der Waals surface area (Å²) in [5.74, 6) is 0.718. The van der Waals surface area contributed by atoms with E-state index in [1.807, 2.05) is 18.3 Å². The Morgan fingerprint density at radius 2 is 2.31 bits per heavy atom. The normalized spacial score (nSPS) is 10.3. The number of thiazole rings is 1. The molecule has 0 bridgehead atoms. The van der Waals surface area contributed by atoms with Crippen LogP contribution in [0.3, 0.4) is 0 Å². The first kappa shape index (κ1) is 10.9. The fourth-order valence-corrected chi connectivity index (χ4v) is 2.12. The zero-order valence-corrected chi connectivity index (χ0v) is 9.92. The molecule has 0 saturated carbocycles. The number of anilines is 2. The Hall–Kier alpha value is -1.62. The highest BCUT2D eigenvalue weighted by Gasteiger charge is 2.02. The van der Waals surface area contributed by atoms with Crippen molar-refractivity contribution in [3.8, 4) is 0 Å². The van der Waals surface area contributed by atoms with Crippen molar-refractivity contribution in [3.05, 3.63) is 34.4 Å². The lowest BCUT2D eigenvalue weighted by molar-refractivity contribution is 1.07. The van der Waals surface area contributed by atoms with Gasteiger partial charge in [-0.05, 0) is 18.6 Å². The molecule has 0 aliphatic carbocycles. The number of nitrogens with two attached hydrogens (primary N) is 1. The maximum absolute atomic E-state index is 5.77. The van der Waals surface area contributed by atoms with Crippen LogP contribution in [0.5, 0.6) is 0 Å². The van der Waals surface area contributed by atoms with Crippen LogP contribution in [0.25, 0.3) is 0 Å². The molecule has 0 aliphatic rings. The summed E-state index contributed by atoms with van der Waals surface area (Å²) in [6.45, 7) is 2.80. The lowest BCUT2D eigenvalue weighted by Crippen LogP contribution is -2.03. The van der Waals surface area contributed by atoms with Crippen LogP contribution >= 0.6 is 11.3 Å². The van der Waals surface area contributed by atoms with E-state index in [0.29, 0.717) is 12.2 Å². The first-order valence-electron chi connectivity index (χ1n) is 5.17.